The quantitative estimate of drug-likeness (QED) is 0.736. The van der Waals surface area contributed by atoms with E-state index in [-0.39, 0.29) is 25.0 Å². The maximum absolute atomic E-state index is 9.35. The average Bonchev–Trinajstić information content (AvgIpc) is 2.61. The summed E-state index contributed by atoms with van der Waals surface area (Å²) < 4.78 is 5.71. The van der Waals surface area contributed by atoms with Crippen LogP contribution in [0.4, 0.5) is 0 Å². The number of para-hydroxylation sites is 2. The average molecular weight is 415 g/mol. The Hall–Kier alpha value is -0.820. The summed E-state index contributed by atoms with van der Waals surface area (Å²) in [5.74, 6) is 3.18. The minimum absolute atomic E-state index is 0.110. The zero-order valence-electron chi connectivity index (χ0n) is 15.1. The van der Waals surface area contributed by atoms with Gasteiger partial charge in [0.05, 0.1) is 15.9 Å². The SMILES string of the molecule is CCS(=S)c1ccccc1O.CCS(=S)c1ccccc1OC(C)C. The number of hydrogen-bond acceptors (Lipinski definition) is 4. The van der Waals surface area contributed by atoms with Gasteiger partial charge in [0, 0.05) is 0 Å². The van der Waals surface area contributed by atoms with E-state index < -0.39 is 0 Å². The topological polar surface area (TPSA) is 29.5 Å². The normalized spacial score (nSPS) is 12.8. The van der Waals surface area contributed by atoms with E-state index in [0.29, 0.717) is 5.75 Å². The van der Waals surface area contributed by atoms with E-state index in [1.54, 1.807) is 12.1 Å². The van der Waals surface area contributed by atoms with Crippen LogP contribution >= 0.6 is 0 Å². The lowest BCUT2D eigenvalue weighted by Gasteiger charge is -2.14. The van der Waals surface area contributed by atoms with Crippen molar-refractivity contribution in [1.82, 2.24) is 0 Å². The van der Waals surface area contributed by atoms with Crippen LogP contribution in [0.15, 0.2) is 58.3 Å². The molecule has 0 saturated carbocycles. The van der Waals surface area contributed by atoms with Gasteiger partial charge in [0.1, 0.15) is 11.5 Å². The Balaban J connectivity index is 0.000000257. The number of phenolic OH excluding ortho intramolecular Hbond substituents is 1. The third-order valence-corrected chi connectivity index (χ3v) is 8.30. The fourth-order valence-electron chi connectivity index (χ4n) is 1.95. The highest BCUT2D eigenvalue weighted by molar-refractivity contribution is 8.29. The molecule has 2 aromatic carbocycles. The Morgan fingerprint density at radius 2 is 1.36 bits per heavy atom. The second-order valence-electron chi connectivity index (χ2n) is 5.35. The standard InChI is InChI=1S/C11H16OS2.C8H10OS2/c1-4-14(13)11-8-6-5-7-10(11)12-9(2)3;1-2-11(10)8-6-4-3-5-7(8)9/h5-9H,4H2,1-3H3;3-6,9H,2H2,1H3. The van der Waals surface area contributed by atoms with Crippen molar-refractivity contribution in [3.63, 3.8) is 0 Å². The number of ether oxygens (including phenoxy) is 1. The maximum Gasteiger partial charge on any atom is 0.133 e. The summed E-state index contributed by atoms with van der Waals surface area (Å²) in [5, 5.41) is 9.35. The van der Waals surface area contributed by atoms with Gasteiger partial charge < -0.3 is 9.84 Å². The molecule has 25 heavy (non-hydrogen) atoms. The molecular formula is C19H26O2S4. The summed E-state index contributed by atoms with van der Waals surface area (Å²) in [5.41, 5.74) is 0. The van der Waals surface area contributed by atoms with Crippen LogP contribution in [0.5, 0.6) is 11.5 Å². The molecule has 138 valence electrons. The Morgan fingerprint density at radius 3 is 1.88 bits per heavy atom. The van der Waals surface area contributed by atoms with Crippen molar-refractivity contribution in [3.8, 4) is 11.5 Å². The highest BCUT2D eigenvalue weighted by Crippen LogP contribution is 2.23. The number of aromatic hydroxyl groups is 1. The van der Waals surface area contributed by atoms with Crippen molar-refractivity contribution >= 4 is 41.3 Å². The molecule has 2 rings (SSSR count). The fraction of sp³-hybridized carbons (Fsp3) is 0.368. The van der Waals surface area contributed by atoms with Gasteiger partial charge in [-0.2, -0.15) is 0 Å². The number of rotatable bonds is 6. The second kappa shape index (κ2) is 11.7. The highest BCUT2D eigenvalue weighted by Gasteiger charge is 2.06. The molecule has 0 saturated heterocycles. The smallest absolute Gasteiger partial charge is 0.133 e. The van der Waals surface area contributed by atoms with Gasteiger partial charge in [0.2, 0.25) is 0 Å². The molecule has 0 aliphatic heterocycles. The minimum atomic E-state index is -0.219. The summed E-state index contributed by atoms with van der Waals surface area (Å²) in [6.07, 6.45) is 0.208. The van der Waals surface area contributed by atoms with Gasteiger partial charge in [-0.1, -0.05) is 57.0 Å². The monoisotopic (exact) mass is 414 g/mol. The van der Waals surface area contributed by atoms with Crippen LogP contribution in [-0.4, -0.2) is 22.7 Å². The van der Waals surface area contributed by atoms with Crippen molar-refractivity contribution in [3.05, 3.63) is 48.5 Å². The van der Waals surface area contributed by atoms with Crippen LogP contribution in [0, 0.1) is 0 Å². The molecule has 2 atom stereocenters. The fourth-order valence-corrected chi connectivity index (χ4v) is 4.51. The van der Waals surface area contributed by atoms with Gasteiger partial charge in [-0.25, -0.2) is 0 Å². The Bertz CT molecular complexity index is 714. The first-order chi connectivity index (χ1) is 11.9. The van der Waals surface area contributed by atoms with E-state index in [9.17, 15) is 5.11 Å². The first kappa shape index (κ1) is 22.2. The summed E-state index contributed by atoms with van der Waals surface area (Å²) in [6, 6.07) is 15.3. The lowest BCUT2D eigenvalue weighted by molar-refractivity contribution is 0.236. The summed E-state index contributed by atoms with van der Waals surface area (Å²) in [7, 11) is -0.329. The van der Waals surface area contributed by atoms with Crippen LogP contribution in [0.3, 0.4) is 0 Å². The molecule has 2 aromatic rings. The summed E-state index contributed by atoms with van der Waals surface area (Å²) in [4.78, 5) is 2.06. The summed E-state index contributed by atoms with van der Waals surface area (Å²) >= 11 is 10.6. The van der Waals surface area contributed by atoms with Gasteiger partial charge in [0.15, 0.2) is 0 Å². The van der Waals surface area contributed by atoms with Crippen LogP contribution in [0.1, 0.15) is 27.7 Å². The number of benzene rings is 2. The van der Waals surface area contributed by atoms with Crippen LogP contribution in [-0.2, 0) is 41.3 Å². The molecule has 0 fully saturated rings. The van der Waals surface area contributed by atoms with E-state index >= 15 is 0 Å². The molecule has 0 amide bonds. The van der Waals surface area contributed by atoms with Crippen molar-refractivity contribution in [2.45, 2.75) is 43.6 Å². The van der Waals surface area contributed by atoms with Gasteiger partial charge in [0.25, 0.3) is 0 Å². The third kappa shape index (κ3) is 7.52. The van der Waals surface area contributed by atoms with E-state index in [0.717, 1.165) is 22.2 Å². The molecule has 0 aromatic heterocycles. The number of hydrogen-bond donors (Lipinski definition) is 1. The van der Waals surface area contributed by atoms with Gasteiger partial charge in [-0.3, -0.25) is 0 Å². The zero-order chi connectivity index (χ0) is 18.8. The Labute approximate surface area is 165 Å². The van der Waals surface area contributed by atoms with Gasteiger partial charge in [-0.05, 0) is 72.0 Å². The van der Waals surface area contributed by atoms with Crippen molar-refractivity contribution < 1.29 is 9.84 Å². The molecule has 2 unspecified atom stereocenters. The molecule has 2 nitrogen and oxygen atoms in total. The van der Waals surface area contributed by atoms with Crippen molar-refractivity contribution in [2.75, 3.05) is 11.5 Å². The van der Waals surface area contributed by atoms with E-state index in [1.165, 1.54) is 4.90 Å². The lowest BCUT2D eigenvalue weighted by Crippen LogP contribution is -2.08. The Morgan fingerprint density at radius 1 is 0.880 bits per heavy atom. The van der Waals surface area contributed by atoms with Crippen molar-refractivity contribution in [2.24, 2.45) is 0 Å². The lowest BCUT2D eigenvalue weighted by atomic mass is 10.3. The molecule has 0 radical (unpaired) electrons. The Kier molecular flexibility index (Phi) is 10.4. The van der Waals surface area contributed by atoms with Crippen LogP contribution in [0.2, 0.25) is 0 Å². The predicted molar refractivity (Wildman–Crippen MR) is 117 cm³/mol. The molecular weight excluding hydrogens is 388 g/mol. The first-order valence-electron chi connectivity index (χ1n) is 8.21. The zero-order valence-corrected chi connectivity index (χ0v) is 18.4. The molecule has 1 N–H and O–H groups in total. The summed E-state index contributed by atoms with van der Waals surface area (Å²) in [6.45, 7) is 8.21. The second-order valence-corrected chi connectivity index (χ2v) is 11.2. The molecule has 0 aliphatic carbocycles. The van der Waals surface area contributed by atoms with Gasteiger partial charge >= 0.3 is 0 Å². The largest absolute Gasteiger partial charge is 0.507 e. The number of phenols is 1. The molecule has 0 aliphatic rings. The van der Waals surface area contributed by atoms with E-state index in [4.69, 9.17) is 27.1 Å². The minimum Gasteiger partial charge on any atom is -0.507 e. The van der Waals surface area contributed by atoms with Crippen LogP contribution < -0.4 is 4.74 Å². The molecule has 6 heteroatoms. The predicted octanol–water partition coefficient (Wildman–Crippen LogP) is 4.78. The van der Waals surface area contributed by atoms with Crippen molar-refractivity contribution in [1.29, 1.82) is 0 Å². The highest BCUT2D eigenvalue weighted by atomic mass is 32.8. The third-order valence-electron chi connectivity index (χ3n) is 3.09. The molecule has 0 spiro atoms. The van der Waals surface area contributed by atoms with Gasteiger partial charge in [-0.15, -0.1) is 0 Å². The maximum atomic E-state index is 9.35. The molecule has 0 bridgehead atoms. The van der Waals surface area contributed by atoms with Crippen LogP contribution in [0.25, 0.3) is 0 Å². The molecule has 0 heterocycles. The van der Waals surface area contributed by atoms with E-state index in [2.05, 4.69) is 13.0 Å². The van der Waals surface area contributed by atoms with E-state index in [1.807, 2.05) is 51.1 Å². The first-order valence-corrected chi connectivity index (χ1v) is 12.8.